The maximum atomic E-state index is 12.4. The van der Waals surface area contributed by atoms with Gasteiger partial charge in [0, 0.05) is 13.0 Å². The second-order valence-electron chi connectivity index (χ2n) is 6.72. The third-order valence-corrected chi connectivity index (χ3v) is 4.57. The van der Waals surface area contributed by atoms with Crippen LogP contribution in [0.1, 0.15) is 12.0 Å². The third kappa shape index (κ3) is 4.70. The number of hydrogen-bond acceptors (Lipinski definition) is 5. The molecule has 7 heteroatoms. The average molecular weight is 400 g/mol. The van der Waals surface area contributed by atoms with E-state index in [9.17, 15) is 9.59 Å². The minimum absolute atomic E-state index is 0.141. The van der Waals surface area contributed by atoms with E-state index in [2.05, 4.69) is 15.6 Å². The van der Waals surface area contributed by atoms with Crippen molar-refractivity contribution in [3.63, 3.8) is 0 Å². The zero-order valence-electron chi connectivity index (χ0n) is 16.2. The molecule has 1 aromatic heterocycles. The highest BCUT2D eigenvalue weighted by atomic mass is 16.5. The third-order valence-electron chi connectivity index (χ3n) is 4.57. The van der Waals surface area contributed by atoms with Gasteiger partial charge in [-0.1, -0.05) is 47.7 Å². The summed E-state index contributed by atoms with van der Waals surface area (Å²) in [4.78, 5) is 24.6. The lowest BCUT2D eigenvalue weighted by atomic mass is 10.2. The van der Waals surface area contributed by atoms with Crippen molar-refractivity contribution in [2.24, 2.45) is 0 Å². The van der Waals surface area contributed by atoms with Crippen LogP contribution in [-0.2, 0) is 17.9 Å². The predicted molar refractivity (Wildman–Crippen MR) is 113 cm³/mol. The van der Waals surface area contributed by atoms with Gasteiger partial charge >= 0.3 is 0 Å². The fourth-order valence-corrected chi connectivity index (χ4v) is 2.97. The van der Waals surface area contributed by atoms with E-state index in [1.807, 2.05) is 54.6 Å². The van der Waals surface area contributed by atoms with Crippen molar-refractivity contribution in [2.45, 2.75) is 19.5 Å². The fraction of sp³-hybridized carbons (Fsp3) is 0.130. The van der Waals surface area contributed by atoms with Crippen molar-refractivity contribution in [3.8, 4) is 11.5 Å². The molecule has 0 saturated carbocycles. The predicted octanol–water partition coefficient (Wildman–Crippen LogP) is 3.29. The number of nitrogens with one attached hydrogen (secondary N) is 1. The molecule has 0 atom stereocenters. The number of para-hydroxylation sites is 1. The monoisotopic (exact) mass is 400 g/mol. The van der Waals surface area contributed by atoms with Crippen LogP contribution in [-0.4, -0.2) is 20.9 Å². The van der Waals surface area contributed by atoms with E-state index in [1.165, 1.54) is 4.68 Å². The van der Waals surface area contributed by atoms with Crippen LogP contribution < -0.4 is 15.6 Å². The van der Waals surface area contributed by atoms with Gasteiger partial charge in [0.15, 0.2) is 0 Å². The molecule has 0 aliphatic heterocycles. The Morgan fingerprint density at radius 3 is 2.40 bits per heavy atom. The lowest BCUT2D eigenvalue weighted by Gasteiger charge is -2.08. The topological polar surface area (TPSA) is 86.1 Å². The SMILES string of the molecule is O=C(CCn1nnc2ccccc2c1=O)NCc1ccc(Oc2ccccc2)cc1. The molecule has 1 heterocycles. The number of nitrogens with zero attached hydrogens (tertiary/aromatic N) is 3. The normalized spacial score (nSPS) is 10.7. The quantitative estimate of drug-likeness (QED) is 0.514. The first-order valence-electron chi connectivity index (χ1n) is 9.60. The highest BCUT2D eigenvalue weighted by molar-refractivity contribution is 5.77. The highest BCUT2D eigenvalue weighted by Gasteiger charge is 2.08. The minimum Gasteiger partial charge on any atom is -0.457 e. The highest BCUT2D eigenvalue weighted by Crippen LogP contribution is 2.21. The van der Waals surface area contributed by atoms with Crippen molar-refractivity contribution in [3.05, 3.63) is 94.8 Å². The van der Waals surface area contributed by atoms with Gasteiger partial charge in [-0.25, -0.2) is 4.68 Å². The van der Waals surface area contributed by atoms with Crippen LogP contribution in [0, 0.1) is 0 Å². The Hall–Kier alpha value is -4.00. The van der Waals surface area contributed by atoms with Crippen LogP contribution in [0.25, 0.3) is 10.9 Å². The zero-order valence-corrected chi connectivity index (χ0v) is 16.2. The molecule has 0 spiro atoms. The first kappa shape index (κ1) is 19.3. The van der Waals surface area contributed by atoms with Crippen LogP contribution >= 0.6 is 0 Å². The Labute approximate surface area is 172 Å². The Balaban J connectivity index is 1.29. The molecule has 4 rings (SSSR count). The number of carbonyl (C=O) groups is 1. The molecule has 3 aromatic carbocycles. The van der Waals surface area contributed by atoms with Crippen LogP contribution in [0.5, 0.6) is 11.5 Å². The van der Waals surface area contributed by atoms with Crippen molar-refractivity contribution in [2.75, 3.05) is 0 Å². The molecule has 4 aromatic rings. The number of rotatable bonds is 7. The lowest BCUT2D eigenvalue weighted by molar-refractivity contribution is -0.121. The summed E-state index contributed by atoms with van der Waals surface area (Å²) in [5, 5.41) is 11.3. The smallest absolute Gasteiger partial charge is 0.277 e. The summed E-state index contributed by atoms with van der Waals surface area (Å²) >= 11 is 0. The molecule has 0 aliphatic carbocycles. The number of benzene rings is 3. The number of carbonyl (C=O) groups excluding carboxylic acids is 1. The summed E-state index contributed by atoms with van der Waals surface area (Å²) in [6.45, 7) is 0.565. The first-order chi connectivity index (χ1) is 14.7. The zero-order chi connectivity index (χ0) is 20.8. The standard InChI is InChI=1S/C23H20N4O3/c28-22(14-15-27-23(29)20-8-4-5-9-21(20)25-26-27)24-16-17-10-12-19(13-11-17)30-18-6-2-1-3-7-18/h1-13H,14-16H2,(H,24,28). The number of hydrogen-bond donors (Lipinski definition) is 1. The molecule has 30 heavy (non-hydrogen) atoms. The number of amides is 1. The Kier molecular flexibility index (Phi) is 5.80. The van der Waals surface area contributed by atoms with Gasteiger partial charge in [-0.15, -0.1) is 5.10 Å². The summed E-state index contributed by atoms with van der Waals surface area (Å²) in [6, 6.07) is 24.1. The van der Waals surface area contributed by atoms with E-state index in [0.717, 1.165) is 17.1 Å². The van der Waals surface area contributed by atoms with Gasteiger partial charge in [-0.05, 0) is 42.0 Å². The maximum absolute atomic E-state index is 12.4. The maximum Gasteiger partial charge on any atom is 0.277 e. The van der Waals surface area contributed by atoms with Gasteiger partial charge in [0.2, 0.25) is 5.91 Å². The molecule has 0 unspecified atom stereocenters. The van der Waals surface area contributed by atoms with E-state index in [1.54, 1.807) is 24.3 Å². The molecular formula is C23H20N4O3. The minimum atomic E-state index is -0.248. The van der Waals surface area contributed by atoms with E-state index in [4.69, 9.17) is 4.74 Å². The molecule has 0 fully saturated rings. The number of aromatic nitrogens is 3. The Morgan fingerprint density at radius 1 is 0.900 bits per heavy atom. The van der Waals surface area contributed by atoms with Crippen molar-refractivity contribution in [1.29, 1.82) is 0 Å². The number of ether oxygens (including phenoxy) is 1. The number of aryl methyl sites for hydroxylation is 1. The van der Waals surface area contributed by atoms with Gasteiger partial charge in [0.05, 0.1) is 11.9 Å². The van der Waals surface area contributed by atoms with Crippen molar-refractivity contribution in [1.82, 2.24) is 20.3 Å². The largest absolute Gasteiger partial charge is 0.457 e. The Bertz CT molecular complexity index is 1200. The lowest BCUT2D eigenvalue weighted by Crippen LogP contribution is -2.29. The van der Waals surface area contributed by atoms with Crippen molar-refractivity contribution >= 4 is 16.8 Å². The van der Waals surface area contributed by atoms with Crippen LogP contribution in [0.2, 0.25) is 0 Å². The molecule has 7 nitrogen and oxygen atoms in total. The summed E-state index contributed by atoms with van der Waals surface area (Å²) < 4.78 is 6.98. The number of fused-ring (bicyclic) bond motifs is 1. The summed E-state index contributed by atoms with van der Waals surface area (Å²) in [5.41, 5.74) is 1.25. The van der Waals surface area contributed by atoms with Gasteiger partial charge < -0.3 is 10.1 Å². The first-order valence-corrected chi connectivity index (χ1v) is 9.60. The van der Waals surface area contributed by atoms with Crippen molar-refractivity contribution < 1.29 is 9.53 Å². The summed E-state index contributed by atoms with van der Waals surface area (Å²) in [6.07, 6.45) is 0.141. The molecular weight excluding hydrogens is 380 g/mol. The van der Waals surface area contributed by atoms with E-state index in [-0.39, 0.29) is 24.4 Å². The Morgan fingerprint density at radius 2 is 1.60 bits per heavy atom. The van der Waals surface area contributed by atoms with Crippen LogP contribution in [0.3, 0.4) is 0 Å². The molecule has 0 aliphatic rings. The van der Waals surface area contributed by atoms with Gasteiger partial charge in [-0.2, -0.15) is 0 Å². The van der Waals surface area contributed by atoms with E-state index < -0.39 is 0 Å². The molecule has 0 bridgehead atoms. The summed E-state index contributed by atoms with van der Waals surface area (Å²) in [5.74, 6) is 1.33. The van der Waals surface area contributed by atoms with Crippen LogP contribution in [0.4, 0.5) is 0 Å². The molecule has 150 valence electrons. The fourth-order valence-electron chi connectivity index (χ4n) is 2.97. The van der Waals surface area contributed by atoms with Gasteiger partial charge in [-0.3, -0.25) is 9.59 Å². The second kappa shape index (κ2) is 9.00. The van der Waals surface area contributed by atoms with Gasteiger partial charge in [0.25, 0.3) is 5.56 Å². The molecule has 0 radical (unpaired) electrons. The average Bonchev–Trinajstić information content (AvgIpc) is 2.79. The van der Waals surface area contributed by atoms with E-state index in [0.29, 0.717) is 17.4 Å². The molecule has 1 amide bonds. The second-order valence-corrected chi connectivity index (χ2v) is 6.72. The van der Waals surface area contributed by atoms with E-state index >= 15 is 0 Å². The van der Waals surface area contributed by atoms with Crippen LogP contribution in [0.15, 0.2) is 83.7 Å². The van der Waals surface area contributed by atoms with Gasteiger partial charge in [0.1, 0.15) is 17.0 Å². The molecule has 0 saturated heterocycles. The molecule has 1 N–H and O–H groups in total. The summed E-state index contributed by atoms with van der Waals surface area (Å²) in [7, 11) is 0.